The molecule has 5 heteroatoms. The van der Waals surface area contributed by atoms with Gasteiger partial charge in [-0.25, -0.2) is 9.78 Å². The highest BCUT2D eigenvalue weighted by molar-refractivity contribution is 5.94. The largest absolute Gasteiger partial charge is 0.462 e. The van der Waals surface area contributed by atoms with E-state index in [4.69, 9.17) is 9.47 Å². The lowest BCUT2D eigenvalue weighted by atomic mass is 9.94. The normalized spacial score (nSPS) is 22.3. The Morgan fingerprint density at radius 2 is 2.09 bits per heavy atom. The summed E-state index contributed by atoms with van der Waals surface area (Å²) in [6.07, 6.45) is 6.30. The van der Waals surface area contributed by atoms with Gasteiger partial charge in [0.2, 0.25) is 0 Å². The Balaban J connectivity index is 1.93. The van der Waals surface area contributed by atoms with Crippen LogP contribution in [0.5, 0.6) is 0 Å². The number of esters is 1. The first-order valence-corrected chi connectivity index (χ1v) is 8.52. The van der Waals surface area contributed by atoms with Crippen LogP contribution in [-0.4, -0.2) is 41.9 Å². The van der Waals surface area contributed by atoms with Crippen LogP contribution in [0.15, 0.2) is 18.3 Å². The molecule has 1 spiro atoms. The van der Waals surface area contributed by atoms with Gasteiger partial charge in [0.25, 0.3) is 0 Å². The third-order valence-electron chi connectivity index (χ3n) is 4.64. The van der Waals surface area contributed by atoms with Gasteiger partial charge in [-0.1, -0.05) is 12.8 Å². The lowest BCUT2D eigenvalue weighted by Crippen LogP contribution is -2.59. The summed E-state index contributed by atoms with van der Waals surface area (Å²) in [5.74, 6) is 0.411. The third-order valence-corrected chi connectivity index (χ3v) is 4.64. The van der Waals surface area contributed by atoms with Crippen LogP contribution >= 0.6 is 0 Å². The molecule has 0 radical (unpaired) electrons. The lowest BCUT2D eigenvalue weighted by molar-refractivity contribution is -0.148. The van der Waals surface area contributed by atoms with E-state index in [0.29, 0.717) is 18.0 Å². The van der Waals surface area contributed by atoms with Crippen LogP contribution in [0.25, 0.3) is 0 Å². The topological polar surface area (TPSA) is 51.7 Å². The van der Waals surface area contributed by atoms with Crippen LogP contribution in [-0.2, 0) is 9.47 Å². The van der Waals surface area contributed by atoms with E-state index >= 15 is 0 Å². The van der Waals surface area contributed by atoms with E-state index in [-0.39, 0.29) is 17.2 Å². The van der Waals surface area contributed by atoms with Gasteiger partial charge in [-0.3, -0.25) is 0 Å². The Hall–Kier alpha value is -1.62. The van der Waals surface area contributed by atoms with Crippen molar-refractivity contribution in [2.45, 2.75) is 57.7 Å². The summed E-state index contributed by atoms with van der Waals surface area (Å²) in [7, 11) is 0. The van der Waals surface area contributed by atoms with Crippen LogP contribution in [0.4, 0.5) is 5.82 Å². The highest BCUT2D eigenvalue weighted by Crippen LogP contribution is 2.42. The maximum atomic E-state index is 12.3. The van der Waals surface area contributed by atoms with Gasteiger partial charge >= 0.3 is 5.97 Å². The molecule has 126 valence electrons. The van der Waals surface area contributed by atoms with Gasteiger partial charge in [-0.2, -0.15) is 0 Å². The molecule has 1 saturated heterocycles. The van der Waals surface area contributed by atoms with Gasteiger partial charge in [0, 0.05) is 19.3 Å². The molecule has 2 fully saturated rings. The number of rotatable bonds is 3. The van der Waals surface area contributed by atoms with Crippen LogP contribution in [0, 0.1) is 0 Å². The smallest absolute Gasteiger partial charge is 0.341 e. The molecule has 2 heterocycles. The Morgan fingerprint density at radius 1 is 1.35 bits per heavy atom. The summed E-state index contributed by atoms with van der Waals surface area (Å²) in [6.45, 7) is 7.93. The molecule has 0 N–H and O–H groups in total. The monoisotopic (exact) mass is 318 g/mol. The van der Waals surface area contributed by atoms with Gasteiger partial charge < -0.3 is 14.4 Å². The summed E-state index contributed by atoms with van der Waals surface area (Å²) in [5, 5.41) is 0. The molecule has 2 aliphatic rings. The molecular formula is C18H26N2O3. The molecule has 0 unspecified atom stereocenters. The van der Waals surface area contributed by atoms with Crippen LogP contribution < -0.4 is 4.90 Å². The number of morpholine rings is 1. The molecule has 0 atom stereocenters. The van der Waals surface area contributed by atoms with Gasteiger partial charge in [0.1, 0.15) is 11.4 Å². The Bertz CT molecular complexity index is 579. The molecule has 3 rings (SSSR count). The first-order chi connectivity index (χ1) is 10.9. The SMILES string of the molecule is CCOC(=O)c1cccnc1N1CC(C)(C)OC2(CCCC2)C1. The highest BCUT2D eigenvalue weighted by Gasteiger charge is 2.46. The van der Waals surface area contributed by atoms with E-state index in [0.717, 1.165) is 25.9 Å². The fourth-order valence-corrected chi connectivity index (χ4v) is 3.96. The predicted octanol–water partition coefficient (Wildman–Crippen LogP) is 3.19. The maximum Gasteiger partial charge on any atom is 0.341 e. The summed E-state index contributed by atoms with van der Waals surface area (Å²) in [5.41, 5.74) is 0.178. The summed E-state index contributed by atoms with van der Waals surface area (Å²) in [4.78, 5) is 19.0. The number of aromatic nitrogens is 1. The number of pyridine rings is 1. The zero-order valence-electron chi connectivity index (χ0n) is 14.3. The van der Waals surface area contributed by atoms with E-state index in [1.165, 1.54) is 12.8 Å². The molecule has 1 aliphatic heterocycles. The first-order valence-electron chi connectivity index (χ1n) is 8.52. The van der Waals surface area contributed by atoms with E-state index < -0.39 is 0 Å². The second kappa shape index (κ2) is 6.11. The number of ether oxygens (including phenoxy) is 2. The van der Waals surface area contributed by atoms with Crippen molar-refractivity contribution in [1.82, 2.24) is 4.98 Å². The maximum absolute atomic E-state index is 12.3. The second-order valence-electron chi connectivity index (χ2n) is 7.20. The molecule has 0 bridgehead atoms. The van der Waals surface area contributed by atoms with Crippen molar-refractivity contribution in [2.75, 3.05) is 24.6 Å². The van der Waals surface area contributed by atoms with Gasteiger partial charge in [-0.15, -0.1) is 0 Å². The fraction of sp³-hybridized carbons (Fsp3) is 0.667. The van der Waals surface area contributed by atoms with Crippen molar-refractivity contribution < 1.29 is 14.3 Å². The van der Waals surface area contributed by atoms with Crippen molar-refractivity contribution in [1.29, 1.82) is 0 Å². The summed E-state index contributed by atoms with van der Waals surface area (Å²) >= 11 is 0. The average molecular weight is 318 g/mol. The molecule has 0 amide bonds. The zero-order chi connectivity index (χ0) is 16.5. The van der Waals surface area contributed by atoms with Crippen molar-refractivity contribution >= 4 is 11.8 Å². The number of carbonyl (C=O) groups excluding carboxylic acids is 1. The van der Waals surface area contributed by atoms with Gasteiger partial charge in [0.05, 0.1) is 17.8 Å². The van der Waals surface area contributed by atoms with Crippen molar-refractivity contribution in [3.8, 4) is 0 Å². The number of hydrogen-bond donors (Lipinski definition) is 0. The standard InChI is InChI=1S/C18H26N2O3/c1-4-22-16(21)14-8-7-11-19-15(14)20-12-17(2,3)23-18(13-20)9-5-6-10-18/h7-8,11H,4-6,9-10,12-13H2,1-3H3. The molecule has 1 aromatic rings. The van der Waals surface area contributed by atoms with Gasteiger partial charge in [-0.05, 0) is 45.7 Å². The minimum absolute atomic E-state index is 0.106. The second-order valence-corrected chi connectivity index (χ2v) is 7.20. The van der Waals surface area contributed by atoms with E-state index in [1.54, 1.807) is 18.3 Å². The molecule has 1 saturated carbocycles. The lowest BCUT2D eigenvalue weighted by Gasteiger charge is -2.49. The predicted molar refractivity (Wildman–Crippen MR) is 88.8 cm³/mol. The average Bonchev–Trinajstić information content (AvgIpc) is 2.93. The van der Waals surface area contributed by atoms with Crippen molar-refractivity contribution in [2.24, 2.45) is 0 Å². The van der Waals surface area contributed by atoms with Gasteiger partial charge in [0.15, 0.2) is 0 Å². The van der Waals surface area contributed by atoms with Crippen LogP contribution in [0.3, 0.4) is 0 Å². The molecule has 0 aromatic carbocycles. The summed E-state index contributed by atoms with van der Waals surface area (Å²) < 4.78 is 11.6. The zero-order valence-corrected chi connectivity index (χ0v) is 14.3. The molecule has 23 heavy (non-hydrogen) atoms. The molecule has 5 nitrogen and oxygen atoms in total. The van der Waals surface area contributed by atoms with Crippen LogP contribution in [0.2, 0.25) is 0 Å². The Morgan fingerprint density at radius 3 is 2.78 bits per heavy atom. The van der Waals surface area contributed by atoms with E-state index in [1.807, 2.05) is 6.92 Å². The first kappa shape index (κ1) is 16.2. The quantitative estimate of drug-likeness (QED) is 0.801. The van der Waals surface area contributed by atoms with Crippen LogP contribution in [0.1, 0.15) is 56.8 Å². The van der Waals surface area contributed by atoms with Crippen molar-refractivity contribution in [3.63, 3.8) is 0 Å². The third kappa shape index (κ3) is 3.34. The summed E-state index contributed by atoms with van der Waals surface area (Å²) in [6, 6.07) is 3.58. The van der Waals surface area contributed by atoms with Crippen molar-refractivity contribution in [3.05, 3.63) is 23.9 Å². The minimum Gasteiger partial charge on any atom is -0.462 e. The molecule has 1 aromatic heterocycles. The van der Waals surface area contributed by atoms with E-state index in [9.17, 15) is 4.79 Å². The number of carbonyl (C=O) groups is 1. The number of hydrogen-bond acceptors (Lipinski definition) is 5. The molecular weight excluding hydrogens is 292 g/mol. The Kier molecular flexibility index (Phi) is 4.32. The number of nitrogens with zero attached hydrogens (tertiary/aromatic N) is 2. The number of anilines is 1. The van der Waals surface area contributed by atoms with E-state index in [2.05, 4.69) is 23.7 Å². The molecule has 1 aliphatic carbocycles. The highest BCUT2D eigenvalue weighted by atomic mass is 16.5. The minimum atomic E-state index is -0.305. The fourth-order valence-electron chi connectivity index (χ4n) is 3.96. The Labute approximate surface area is 138 Å².